The Bertz CT molecular complexity index is 799. The zero-order chi connectivity index (χ0) is 16.8. The lowest BCUT2D eigenvalue weighted by atomic mass is 10.1. The first-order valence-corrected chi connectivity index (χ1v) is 7.62. The number of rotatable bonds is 6. The van der Waals surface area contributed by atoms with Crippen molar-refractivity contribution >= 4 is 5.91 Å². The Balaban J connectivity index is 1.49. The molecule has 1 N–H and O–H groups in total. The zero-order valence-corrected chi connectivity index (χ0v) is 13.3. The molecule has 1 aromatic carbocycles. The molecule has 7 nitrogen and oxygen atoms in total. The van der Waals surface area contributed by atoms with Gasteiger partial charge in [0.05, 0.1) is 12.1 Å². The van der Waals surface area contributed by atoms with E-state index in [9.17, 15) is 4.79 Å². The Morgan fingerprint density at radius 3 is 2.79 bits per heavy atom. The average molecular weight is 323 g/mol. The molecule has 0 radical (unpaired) electrons. The third-order valence-corrected chi connectivity index (χ3v) is 3.40. The van der Waals surface area contributed by atoms with E-state index in [0.29, 0.717) is 30.4 Å². The van der Waals surface area contributed by atoms with Gasteiger partial charge in [0, 0.05) is 37.1 Å². The molecular weight excluding hydrogens is 306 g/mol. The predicted octanol–water partition coefficient (Wildman–Crippen LogP) is 1.74. The molecule has 0 saturated carbocycles. The zero-order valence-electron chi connectivity index (χ0n) is 13.3. The van der Waals surface area contributed by atoms with Crippen LogP contribution in [0.1, 0.15) is 17.1 Å². The number of carbonyl (C=O) groups excluding carboxylic acids is 1. The highest BCUT2D eigenvalue weighted by Crippen LogP contribution is 2.16. The summed E-state index contributed by atoms with van der Waals surface area (Å²) >= 11 is 0. The topological polar surface area (TPSA) is 93.8 Å². The Morgan fingerprint density at radius 2 is 2.04 bits per heavy atom. The number of hydrogen-bond donors (Lipinski definition) is 1. The molecule has 0 atom stereocenters. The van der Waals surface area contributed by atoms with Crippen LogP contribution in [0.4, 0.5) is 0 Å². The van der Waals surface area contributed by atoms with Gasteiger partial charge in [-0.2, -0.15) is 4.98 Å². The average Bonchev–Trinajstić information content (AvgIpc) is 3.05. The molecule has 0 fully saturated rings. The number of aromatic nitrogens is 4. The van der Waals surface area contributed by atoms with E-state index >= 15 is 0 Å². The highest BCUT2D eigenvalue weighted by atomic mass is 16.5. The van der Waals surface area contributed by atoms with Crippen LogP contribution in [-0.2, 0) is 17.6 Å². The highest BCUT2D eigenvalue weighted by Gasteiger charge is 2.09. The van der Waals surface area contributed by atoms with Crippen molar-refractivity contribution in [3.05, 3.63) is 60.0 Å². The van der Waals surface area contributed by atoms with Gasteiger partial charge in [-0.3, -0.25) is 14.8 Å². The molecule has 0 spiro atoms. The van der Waals surface area contributed by atoms with E-state index in [1.54, 1.807) is 18.6 Å². The molecule has 0 unspecified atom stereocenters. The maximum absolute atomic E-state index is 11.8. The number of amides is 1. The normalized spacial score (nSPS) is 10.5. The van der Waals surface area contributed by atoms with Gasteiger partial charge in [0.1, 0.15) is 0 Å². The first-order valence-electron chi connectivity index (χ1n) is 7.62. The summed E-state index contributed by atoms with van der Waals surface area (Å²) < 4.78 is 5.21. The molecule has 3 rings (SSSR count). The third kappa shape index (κ3) is 4.22. The van der Waals surface area contributed by atoms with E-state index in [1.165, 1.54) is 5.56 Å². The van der Waals surface area contributed by atoms with Crippen LogP contribution in [0.5, 0.6) is 0 Å². The first kappa shape index (κ1) is 15.8. The minimum atomic E-state index is -0.117. The summed E-state index contributed by atoms with van der Waals surface area (Å²) in [6.07, 6.45) is 5.39. The van der Waals surface area contributed by atoms with E-state index < -0.39 is 0 Å². The lowest BCUT2D eigenvalue weighted by Gasteiger charge is -2.02. The third-order valence-electron chi connectivity index (χ3n) is 3.40. The van der Waals surface area contributed by atoms with Crippen LogP contribution in [0.15, 0.2) is 47.4 Å². The number of benzene rings is 1. The molecule has 0 aliphatic heterocycles. The monoisotopic (exact) mass is 323 g/mol. The van der Waals surface area contributed by atoms with Crippen molar-refractivity contribution in [1.82, 2.24) is 25.4 Å². The quantitative estimate of drug-likeness (QED) is 0.742. The van der Waals surface area contributed by atoms with Gasteiger partial charge in [-0.15, -0.1) is 0 Å². The number of nitrogens with zero attached hydrogens (tertiary/aromatic N) is 4. The van der Waals surface area contributed by atoms with Crippen LogP contribution in [0.25, 0.3) is 11.4 Å². The SMILES string of the molecule is Cc1ccc(-c2noc(CCNC(=O)Cc3cnccn3)n2)cc1. The van der Waals surface area contributed by atoms with E-state index in [0.717, 1.165) is 5.56 Å². The van der Waals surface area contributed by atoms with Gasteiger partial charge in [-0.05, 0) is 6.92 Å². The van der Waals surface area contributed by atoms with Crippen molar-refractivity contribution in [3.63, 3.8) is 0 Å². The largest absolute Gasteiger partial charge is 0.355 e. The van der Waals surface area contributed by atoms with Crippen molar-refractivity contribution < 1.29 is 9.32 Å². The molecule has 1 amide bonds. The second-order valence-corrected chi connectivity index (χ2v) is 5.35. The van der Waals surface area contributed by atoms with E-state index in [4.69, 9.17) is 4.52 Å². The Kier molecular flexibility index (Phi) is 4.90. The van der Waals surface area contributed by atoms with E-state index in [1.807, 2.05) is 31.2 Å². The fourth-order valence-corrected chi connectivity index (χ4v) is 2.13. The maximum Gasteiger partial charge on any atom is 0.228 e. The summed E-state index contributed by atoms with van der Waals surface area (Å²) in [6, 6.07) is 7.90. The molecule has 3 aromatic rings. The summed E-state index contributed by atoms with van der Waals surface area (Å²) in [5.74, 6) is 0.926. The number of aryl methyl sites for hydroxylation is 1. The summed E-state index contributed by atoms with van der Waals surface area (Å²) in [5, 5.41) is 6.77. The number of hydrogen-bond acceptors (Lipinski definition) is 6. The minimum Gasteiger partial charge on any atom is -0.355 e. The van der Waals surface area contributed by atoms with Gasteiger partial charge in [0.2, 0.25) is 17.6 Å². The van der Waals surface area contributed by atoms with Crippen LogP contribution in [0.2, 0.25) is 0 Å². The van der Waals surface area contributed by atoms with Crippen molar-refractivity contribution in [2.24, 2.45) is 0 Å². The van der Waals surface area contributed by atoms with Crippen molar-refractivity contribution in [2.45, 2.75) is 19.8 Å². The second kappa shape index (κ2) is 7.45. The maximum atomic E-state index is 11.8. The standard InChI is InChI=1S/C17H17N5O2/c1-12-2-4-13(5-3-12)17-21-16(24-22-17)6-7-20-15(23)10-14-11-18-8-9-19-14/h2-5,8-9,11H,6-7,10H2,1H3,(H,20,23). The van der Waals surface area contributed by atoms with E-state index in [2.05, 4.69) is 25.4 Å². The molecule has 0 aliphatic carbocycles. The molecule has 24 heavy (non-hydrogen) atoms. The summed E-state index contributed by atoms with van der Waals surface area (Å²) in [6.45, 7) is 2.45. The number of nitrogens with one attached hydrogen (secondary N) is 1. The Labute approximate surface area is 139 Å². The summed E-state index contributed by atoms with van der Waals surface area (Å²) in [7, 11) is 0. The lowest BCUT2D eigenvalue weighted by Crippen LogP contribution is -2.27. The highest BCUT2D eigenvalue weighted by molar-refractivity contribution is 5.77. The smallest absolute Gasteiger partial charge is 0.228 e. The van der Waals surface area contributed by atoms with Crippen LogP contribution >= 0.6 is 0 Å². The predicted molar refractivity (Wildman–Crippen MR) is 86.9 cm³/mol. The van der Waals surface area contributed by atoms with Gasteiger partial charge in [0.25, 0.3) is 0 Å². The van der Waals surface area contributed by atoms with Gasteiger partial charge in [-0.25, -0.2) is 0 Å². The Morgan fingerprint density at radius 1 is 1.21 bits per heavy atom. The summed E-state index contributed by atoms with van der Waals surface area (Å²) in [5.41, 5.74) is 2.71. The van der Waals surface area contributed by atoms with Crippen molar-refractivity contribution in [3.8, 4) is 11.4 Å². The molecule has 2 aromatic heterocycles. The summed E-state index contributed by atoms with van der Waals surface area (Å²) in [4.78, 5) is 24.1. The van der Waals surface area contributed by atoms with Gasteiger partial charge < -0.3 is 9.84 Å². The molecular formula is C17H17N5O2. The molecule has 2 heterocycles. The molecule has 122 valence electrons. The second-order valence-electron chi connectivity index (χ2n) is 5.35. The van der Waals surface area contributed by atoms with Crippen molar-refractivity contribution in [1.29, 1.82) is 0 Å². The van der Waals surface area contributed by atoms with Gasteiger partial charge in [-0.1, -0.05) is 35.0 Å². The molecule has 0 aliphatic rings. The van der Waals surface area contributed by atoms with Crippen molar-refractivity contribution in [2.75, 3.05) is 6.54 Å². The van der Waals surface area contributed by atoms with Gasteiger partial charge in [0.15, 0.2) is 0 Å². The molecule has 0 bridgehead atoms. The number of carbonyl (C=O) groups is 1. The molecule has 0 saturated heterocycles. The van der Waals surface area contributed by atoms with Crippen LogP contribution in [0, 0.1) is 6.92 Å². The van der Waals surface area contributed by atoms with Gasteiger partial charge >= 0.3 is 0 Å². The minimum absolute atomic E-state index is 0.117. The van der Waals surface area contributed by atoms with Crippen LogP contribution in [-0.4, -0.2) is 32.6 Å². The van der Waals surface area contributed by atoms with E-state index in [-0.39, 0.29) is 12.3 Å². The Hall–Kier alpha value is -3.09. The molecule has 7 heteroatoms. The first-order chi connectivity index (χ1) is 11.7. The van der Waals surface area contributed by atoms with Crippen LogP contribution in [0.3, 0.4) is 0 Å². The lowest BCUT2D eigenvalue weighted by molar-refractivity contribution is -0.120. The fraction of sp³-hybridized carbons (Fsp3) is 0.235. The fourth-order valence-electron chi connectivity index (χ4n) is 2.13. The van der Waals surface area contributed by atoms with Crippen LogP contribution < -0.4 is 5.32 Å².